The average Bonchev–Trinajstić information content (AvgIpc) is 3.10. The van der Waals surface area contributed by atoms with Gasteiger partial charge < -0.3 is 9.47 Å². The Morgan fingerprint density at radius 2 is 1.48 bits per heavy atom. The van der Waals surface area contributed by atoms with Gasteiger partial charge in [-0.2, -0.15) is 0 Å². The minimum absolute atomic E-state index is 0.315. The van der Waals surface area contributed by atoms with E-state index < -0.39 is 0 Å². The van der Waals surface area contributed by atoms with Gasteiger partial charge in [0.25, 0.3) is 0 Å². The largest absolute Gasteiger partial charge is 0.353 e. The van der Waals surface area contributed by atoms with Crippen molar-refractivity contribution < 1.29 is 9.47 Å². The van der Waals surface area contributed by atoms with Gasteiger partial charge in [0.1, 0.15) is 0 Å². The minimum atomic E-state index is -0.315. The summed E-state index contributed by atoms with van der Waals surface area (Å²) in [5, 5.41) is 0. The second kappa shape index (κ2) is 8.94. The van der Waals surface area contributed by atoms with Crippen LogP contribution in [0.3, 0.4) is 0 Å². The summed E-state index contributed by atoms with van der Waals surface area (Å²) in [6.07, 6.45) is 16.6. The Hall–Kier alpha value is -0.0800. The quantitative estimate of drug-likeness (QED) is 0.378. The first-order valence-corrected chi connectivity index (χ1v) is 13.8. The lowest BCUT2D eigenvalue weighted by Gasteiger charge is -2.62. The van der Waals surface area contributed by atoms with E-state index in [-0.39, 0.29) is 5.79 Å². The van der Waals surface area contributed by atoms with E-state index in [1.165, 1.54) is 64.2 Å². The normalized spacial score (nSPS) is 45.1. The van der Waals surface area contributed by atoms with Crippen molar-refractivity contribution in [2.24, 2.45) is 52.3 Å². The molecule has 4 aliphatic carbocycles. The first kappa shape index (κ1) is 24.1. The molecule has 2 nitrogen and oxygen atoms in total. The van der Waals surface area contributed by atoms with Crippen molar-refractivity contribution in [2.75, 3.05) is 14.2 Å². The van der Waals surface area contributed by atoms with E-state index >= 15 is 0 Å². The molecule has 4 rings (SSSR count). The number of hydrogen-bond acceptors (Lipinski definition) is 2. The predicted molar refractivity (Wildman–Crippen MR) is 130 cm³/mol. The Bertz CT molecular complexity index is 610. The summed E-state index contributed by atoms with van der Waals surface area (Å²) >= 11 is 0. The highest BCUT2D eigenvalue weighted by atomic mass is 16.7. The predicted octanol–water partition coefficient (Wildman–Crippen LogP) is 8.10. The van der Waals surface area contributed by atoms with Crippen LogP contribution in [0.2, 0.25) is 0 Å². The lowest BCUT2D eigenvalue weighted by atomic mass is 9.44. The van der Waals surface area contributed by atoms with E-state index in [4.69, 9.17) is 9.47 Å². The molecule has 180 valence electrons. The van der Waals surface area contributed by atoms with E-state index in [0.717, 1.165) is 54.3 Å². The molecular formula is C29H52O2. The fourth-order valence-corrected chi connectivity index (χ4v) is 9.68. The molecule has 0 bridgehead atoms. The van der Waals surface area contributed by atoms with E-state index in [1.807, 2.05) is 14.2 Å². The molecule has 0 aliphatic heterocycles. The number of fused-ring (bicyclic) bond motifs is 5. The maximum atomic E-state index is 5.91. The topological polar surface area (TPSA) is 18.5 Å². The number of methoxy groups -OCH3 is 2. The summed E-state index contributed by atoms with van der Waals surface area (Å²) < 4.78 is 11.8. The zero-order valence-electron chi connectivity index (χ0n) is 21.8. The lowest BCUT2D eigenvalue weighted by Crippen LogP contribution is -2.56. The maximum Gasteiger partial charge on any atom is 0.167 e. The van der Waals surface area contributed by atoms with Crippen LogP contribution in [0, 0.1) is 52.3 Å². The van der Waals surface area contributed by atoms with Crippen LogP contribution in [0.4, 0.5) is 0 Å². The van der Waals surface area contributed by atoms with Gasteiger partial charge in [0.05, 0.1) is 0 Å². The van der Waals surface area contributed by atoms with Crippen LogP contribution < -0.4 is 0 Å². The summed E-state index contributed by atoms with van der Waals surface area (Å²) in [4.78, 5) is 0. The fraction of sp³-hybridized carbons (Fsp3) is 1.00. The molecule has 0 N–H and O–H groups in total. The Balaban J connectivity index is 1.46. The Kier molecular flexibility index (Phi) is 6.93. The van der Waals surface area contributed by atoms with Gasteiger partial charge in [0.2, 0.25) is 0 Å². The number of ether oxygens (including phenoxy) is 2. The van der Waals surface area contributed by atoms with Crippen molar-refractivity contribution in [3.8, 4) is 0 Å². The van der Waals surface area contributed by atoms with Crippen LogP contribution in [-0.2, 0) is 9.47 Å². The monoisotopic (exact) mass is 432 g/mol. The molecule has 0 amide bonds. The van der Waals surface area contributed by atoms with Crippen molar-refractivity contribution >= 4 is 0 Å². The van der Waals surface area contributed by atoms with Crippen molar-refractivity contribution in [3.63, 3.8) is 0 Å². The summed E-state index contributed by atoms with van der Waals surface area (Å²) in [6.45, 7) is 12.7. The number of rotatable bonds is 7. The van der Waals surface area contributed by atoms with E-state index in [0.29, 0.717) is 10.8 Å². The molecule has 0 radical (unpaired) electrons. The molecule has 8 atom stereocenters. The zero-order chi connectivity index (χ0) is 22.4. The first-order chi connectivity index (χ1) is 14.7. The summed E-state index contributed by atoms with van der Waals surface area (Å²) in [5.74, 6) is 6.10. The third-order valence-corrected chi connectivity index (χ3v) is 11.6. The average molecular weight is 433 g/mol. The molecular weight excluding hydrogens is 380 g/mol. The van der Waals surface area contributed by atoms with Crippen LogP contribution in [0.1, 0.15) is 112 Å². The van der Waals surface area contributed by atoms with Crippen LogP contribution in [0.25, 0.3) is 0 Å². The van der Waals surface area contributed by atoms with Gasteiger partial charge in [0.15, 0.2) is 5.79 Å². The van der Waals surface area contributed by atoms with Gasteiger partial charge in [-0.25, -0.2) is 0 Å². The van der Waals surface area contributed by atoms with Crippen molar-refractivity contribution in [3.05, 3.63) is 0 Å². The third kappa shape index (κ3) is 4.05. The molecule has 4 fully saturated rings. The van der Waals surface area contributed by atoms with E-state index in [2.05, 4.69) is 34.6 Å². The van der Waals surface area contributed by atoms with Gasteiger partial charge in [-0.1, -0.05) is 53.9 Å². The van der Waals surface area contributed by atoms with E-state index in [1.54, 1.807) is 0 Å². The highest BCUT2D eigenvalue weighted by Gasteiger charge is 2.61. The van der Waals surface area contributed by atoms with Gasteiger partial charge in [-0.15, -0.1) is 0 Å². The molecule has 2 heteroatoms. The SMILES string of the molecule is COC1(OC)CC[C@@]2(C)[C@@H](CC[C@H]3[C@H]2CC[C@]2(C)[C@@H]3CC[C@H]2[C@@H](C)CCCC(C)C)C1. The molecule has 0 unspecified atom stereocenters. The van der Waals surface area contributed by atoms with Gasteiger partial charge >= 0.3 is 0 Å². The summed E-state index contributed by atoms with van der Waals surface area (Å²) in [6, 6.07) is 0. The molecule has 0 aromatic carbocycles. The second-order valence-corrected chi connectivity index (χ2v) is 13.2. The molecule has 0 saturated heterocycles. The lowest BCUT2D eigenvalue weighted by molar-refractivity contribution is -0.261. The molecule has 31 heavy (non-hydrogen) atoms. The maximum absolute atomic E-state index is 5.91. The number of hydrogen-bond donors (Lipinski definition) is 0. The van der Waals surface area contributed by atoms with Gasteiger partial charge in [-0.05, 0) is 97.2 Å². The highest BCUT2D eigenvalue weighted by Crippen LogP contribution is 2.69. The van der Waals surface area contributed by atoms with Crippen LogP contribution in [0.5, 0.6) is 0 Å². The third-order valence-electron chi connectivity index (χ3n) is 11.6. The minimum Gasteiger partial charge on any atom is -0.353 e. The highest BCUT2D eigenvalue weighted by molar-refractivity contribution is 5.10. The van der Waals surface area contributed by atoms with Gasteiger partial charge in [-0.3, -0.25) is 0 Å². The standard InChI is InChI=1S/C29H52O2/c1-20(2)9-8-10-21(3)24-13-14-25-23-12-11-22-19-29(30-6,31-7)18-17-27(22,4)26(23)15-16-28(24,25)5/h20-26H,8-19H2,1-7H3/t21-,22-,23+,24-,25+,26+,27-,28-/m0/s1. The van der Waals surface area contributed by atoms with Crippen molar-refractivity contribution in [1.29, 1.82) is 0 Å². The van der Waals surface area contributed by atoms with Gasteiger partial charge in [0, 0.05) is 27.1 Å². The first-order valence-electron chi connectivity index (χ1n) is 13.8. The Morgan fingerprint density at radius 3 is 2.16 bits per heavy atom. The molecule has 0 aromatic rings. The Labute approximate surface area is 193 Å². The fourth-order valence-electron chi connectivity index (χ4n) is 9.68. The van der Waals surface area contributed by atoms with Crippen LogP contribution in [0.15, 0.2) is 0 Å². The smallest absolute Gasteiger partial charge is 0.167 e. The molecule has 0 aromatic heterocycles. The summed E-state index contributed by atoms with van der Waals surface area (Å²) in [5.41, 5.74) is 1.12. The Morgan fingerprint density at radius 1 is 0.774 bits per heavy atom. The zero-order valence-corrected chi connectivity index (χ0v) is 21.8. The molecule has 4 saturated carbocycles. The molecule has 0 spiro atoms. The van der Waals surface area contributed by atoms with Crippen LogP contribution in [-0.4, -0.2) is 20.0 Å². The molecule has 0 heterocycles. The van der Waals surface area contributed by atoms with Crippen LogP contribution >= 0.6 is 0 Å². The summed E-state index contributed by atoms with van der Waals surface area (Å²) in [7, 11) is 3.70. The molecule has 4 aliphatic rings. The van der Waals surface area contributed by atoms with E-state index in [9.17, 15) is 0 Å². The van der Waals surface area contributed by atoms with Crippen molar-refractivity contribution in [2.45, 2.75) is 117 Å². The van der Waals surface area contributed by atoms with Crippen molar-refractivity contribution in [1.82, 2.24) is 0 Å². The second-order valence-electron chi connectivity index (χ2n) is 13.2.